The molecular formula is C12H19SSi. The Morgan fingerprint density at radius 2 is 2.29 bits per heavy atom. The molecule has 0 aromatic heterocycles. The monoisotopic (exact) mass is 223 g/mol. The van der Waals surface area contributed by atoms with Crippen LogP contribution in [0, 0.1) is 6.08 Å². The highest BCUT2D eigenvalue weighted by molar-refractivity contribution is 7.81. The van der Waals surface area contributed by atoms with Crippen LogP contribution in [0.2, 0.25) is 11.6 Å². The van der Waals surface area contributed by atoms with Gasteiger partial charge >= 0.3 is 0 Å². The Hall–Kier alpha value is -0.213. The summed E-state index contributed by atoms with van der Waals surface area (Å²) in [5.74, 6) is 0. The van der Waals surface area contributed by atoms with Crippen molar-refractivity contribution in [1.29, 1.82) is 0 Å². The molecule has 0 fully saturated rings. The maximum atomic E-state index is 5.27. The summed E-state index contributed by atoms with van der Waals surface area (Å²) in [6, 6.07) is 1.44. The topological polar surface area (TPSA) is 0 Å². The summed E-state index contributed by atoms with van der Waals surface area (Å²) in [4.78, 5) is 1.05. The van der Waals surface area contributed by atoms with Gasteiger partial charge in [0, 0.05) is 19.9 Å². The number of thiocarbonyl (C=S) groups is 1. The fraction of sp³-hybridized carbons (Fsp3) is 0.583. The van der Waals surface area contributed by atoms with E-state index in [2.05, 4.69) is 25.2 Å². The van der Waals surface area contributed by atoms with E-state index in [1.165, 1.54) is 31.7 Å². The smallest absolute Gasteiger partial charge is 0.0346 e. The van der Waals surface area contributed by atoms with Crippen LogP contribution >= 0.6 is 12.2 Å². The van der Waals surface area contributed by atoms with E-state index in [1.54, 1.807) is 0 Å². The largest absolute Gasteiger partial charge is 0.0839 e. The molecule has 0 aliphatic heterocycles. The van der Waals surface area contributed by atoms with Crippen LogP contribution in [0.3, 0.4) is 0 Å². The van der Waals surface area contributed by atoms with Gasteiger partial charge in [0.1, 0.15) is 0 Å². The minimum atomic E-state index is -0.0204. The molecule has 14 heavy (non-hydrogen) atoms. The fourth-order valence-corrected chi connectivity index (χ4v) is 4.02. The molecule has 0 amide bonds. The molecule has 1 rings (SSSR count). The summed E-state index contributed by atoms with van der Waals surface area (Å²) >= 11 is 5.27. The van der Waals surface area contributed by atoms with Crippen LogP contribution < -0.4 is 0 Å². The van der Waals surface area contributed by atoms with Gasteiger partial charge in [0.2, 0.25) is 0 Å². The van der Waals surface area contributed by atoms with E-state index in [-0.39, 0.29) is 9.52 Å². The molecule has 0 saturated heterocycles. The third-order valence-electron chi connectivity index (χ3n) is 2.62. The van der Waals surface area contributed by atoms with Crippen molar-refractivity contribution in [2.75, 3.05) is 0 Å². The molecule has 1 aliphatic carbocycles. The molecule has 1 radical (unpaired) electrons. The van der Waals surface area contributed by atoms with Crippen molar-refractivity contribution in [2.45, 2.75) is 44.2 Å². The molecule has 0 saturated carbocycles. The number of unbranched alkanes of at least 4 members (excludes halogenated alkanes) is 3. The molecule has 77 valence electrons. The zero-order chi connectivity index (χ0) is 10.2. The first-order valence-corrected chi connectivity index (χ1v) is 7.87. The van der Waals surface area contributed by atoms with Gasteiger partial charge in [-0.25, -0.2) is 0 Å². The first kappa shape index (κ1) is 11.9. The number of allylic oxidation sites excluding steroid dienone is 4. The maximum absolute atomic E-state index is 5.27. The van der Waals surface area contributed by atoms with E-state index < -0.39 is 0 Å². The second-order valence-electron chi connectivity index (χ2n) is 3.87. The molecule has 0 nitrogen and oxygen atoms in total. The first-order chi connectivity index (χ1) is 6.84. The quantitative estimate of drug-likeness (QED) is 0.378. The molecule has 1 aliphatic rings. The van der Waals surface area contributed by atoms with Crippen LogP contribution in [0.15, 0.2) is 18.2 Å². The summed E-state index contributed by atoms with van der Waals surface area (Å²) in [7, 11) is -0.0204. The lowest BCUT2D eigenvalue weighted by molar-refractivity contribution is 0.700. The normalized spacial score (nSPS) is 21.2. The lowest BCUT2D eigenvalue weighted by atomic mass is 10.2. The minimum absolute atomic E-state index is 0.0204. The van der Waals surface area contributed by atoms with Crippen molar-refractivity contribution in [3.8, 4) is 0 Å². The highest BCUT2D eigenvalue weighted by Crippen LogP contribution is 2.17. The van der Waals surface area contributed by atoms with Crippen LogP contribution in [-0.2, 0) is 0 Å². The van der Waals surface area contributed by atoms with E-state index >= 15 is 0 Å². The van der Waals surface area contributed by atoms with Crippen molar-refractivity contribution < 1.29 is 0 Å². The number of rotatable bonds is 6. The van der Waals surface area contributed by atoms with Crippen molar-refractivity contribution >= 4 is 26.6 Å². The predicted molar refractivity (Wildman–Crippen MR) is 70.8 cm³/mol. The van der Waals surface area contributed by atoms with Crippen LogP contribution in [0.5, 0.6) is 0 Å². The third-order valence-corrected chi connectivity index (χ3v) is 5.55. The average molecular weight is 223 g/mol. The summed E-state index contributed by atoms with van der Waals surface area (Å²) in [5, 5.41) is 0. The summed E-state index contributed by atoms with van der Waals surface area (Å²) in [6.45, 7) is 2.26. The van der Waals surface area contributed by atoms with Gasteiger partial charge < -0.3 is 0 Å². The lowest BCUT2D eigenvalue weighted by Gasteiger charge is -2.12. The Morgan fingerprint density at radius 3 is 3.00 bits per heavy atom. The van der Waals surface area contributed by atoms with Gasteiger partial charge in [-0.1, -0.05) is 69.1 Å². The molecule has 0 aromatic carbocycles. The van der Waals surface area contributed by atoms with E-state index in [1.807, 2.05) is 6.08 Å². The van der Waals surface area contributed by atoms with Gasteiger partial charge in [-0.3, -0.25) is 0 Å². The van der Waals surface area contributed by atoms with Gasteiger partial charge in [0.25, 0.3) is 0 Å². The molecule has 0 N–H and O–H groups in total. The van der Waals surface area contributed by atoms with Gasteiger partial charge in [0.15, 0.2) is 0 Å². The lowest BCUT2D eigenvalue weighted by Crippen LogP contribution is -2.11. The molecule has 1 atom stereocenters. The zero-order valence-electron chi connectivity index (χ0n) is 8.96. The van der Waals surface area contributed by atoms with E-state index in [0.717, 1.165) is 4.86 Å². The van der Waals surface area contributed by atoms with Crippen molar-refractivity contribution in [3.05, 3.63) is 24.3 Å². The van der Waals surface area contributed by atoms with Crippen LogP contribution in [0.4, 0.5) is 0 Å². The fourth-order valence-electron chi connectivity index (χ4n) is 1.71. The summed E-state index contributed by atoms with van der Waals surface area (Å²) in [6.07, 6.45) is 15.0. The Balaban J connectivity index is 2.09. The Morgan fingerprint density at radius 1 is 1.43 bits per heavy atom. The SMILES string of the molecule is CCCCCC[SiH2]C1C=CC=[C]C1=S. The van der Waals surface area contributed by atoms with Crippen molar-refractivity contribution in [1.82, 2.24) is 0 Å². The van der Waals surface area contributed by atoms with Gasteiger partial charge in [-0.05, 0) is 6.08 Å². The molecule has 0 heterocycles. The number of hydrogen-bond donors (Lipinski definition) is 0. The molecule has 1 unspecified atom stereocenters. The van der Waals surface area contributed by atoms with Crippen molar-refractivity contribution in [2.24, 2.45) is 0 Å². The standard InChI is InChI=1S/C12H19SSi/c1-2-3-4-7-10-14-12-9-6-5-8-11(12)13/h5-6,9,12H,2-4,7,10,14H2,1H3. The second-order valence-corrected chi connectivity index (χ2v) is 6.47. The molecule has 0 spiro atoms. The highest BCUT2D eigenvalue weighted by Gasteiger charge is 2.10. The van der Waals surface area contributed by atoms with Gasteiger partial charge in [-0.2, -0.15) is 0 Å². The second kappa shape index (κ2) is 7.13. The van der Waals surface area contributed by atoms with Crippen molar-refractivity contribution in [3.63, 3.8) is 0 Å². The van der Waals surface area contributed by atoms with Gasteiger partial charge in [-0.15, -0.1) is 0 Å². The van der Waals surface area contributed by atoms with E-state index in [9.17, 15) is 0 Å². The van der Waals surface area contributed by atoms with Crippen LogP contribution in [0.1, 0.15) is 32.6 Å². The average Bonchev–Trinajstić information content (AvgIpc) is 2.20. The Kier molecular flexibility index (Phi) is 6.04. The molecular weight excluding hydrogens is 204 g/mol. The van der Waals surface area contributed by atoms with Crippen LogP contribution in [-0.4, -0.2) is 14.4 Å². The van der Waals surface area contributed by atoms with E-state index in [4.69, 9.17) is 12.2 Å². The number of hydrogen-bond acceptors (Lipinski definition) is 1. The molecule has 0 bridgehead atoms. The van der Waals surface area contributed by atoms with Crippen LogP contribution in [0.25, 0.3) is 0 Å². The highest BCUT2D eigenvalue weighted by atomic mass is 32.1. The van der Waals surface area contributed by atoms with Gasteiger partial charge in [0.05, 0.1) is 0 Å². The molecule has 2 heteroatoms. The third kappa shape index (κ3) is 4.34. The first-order valence-electron chi connectivity index (χ1n) is 5.65. The maximum Gasteiger partial charge on any atom is 0.0346 e. The summed E-state index contributed by atoms with van der Waals surface area (Å²) < 4.78 is 0. The predicted octanol–water partition coefficient (Wildman–Crippen LogP) is 3.24. The molecule has 0 aromatic rings. The Bertz CT molecular complexity index is 230. The summed E-state index contributed by atoms with van der Waals surface area (Å²) in [5.41, 5.74) is 0.622. The minimum Gasteiger partial charge on any atom is -0.0839 e. The Labute approximate surface area is 95.3 Å². The van der Waals surface area contributed by atoms with E-state index in [0.29, 0.717) is 5.54 Å². The zero-order valence-corrected chi connectivity index (χ0v) is 11.2.